The van der Waals surface area contributed by atoms with Crippen LogP contribution in [0.4, 0.5) is 0 Å². The van der Waals surface area contributed by atoms with Crippen molar-refractivity contribution in [2.24, 2.45) is 0 Å². The number of rotatable bonds is 3. The minimum absolute atomic E-state index is 0.0633. The molecule has 6 nitrogen and oxygen atoms in total. The van der Waals surface area contributed by atoms with Gasteiger partial charge >= 0.3 is 5.63 Å². The molecule has 0 spiro atoms. The van der Waals surface area contributed by atoms with Crippen molar-refractivity contribution >= 4 is 39.9 Å². The molecule has 0 aliphatic heterocycles. The van der Waals surface area contributed by atoms with Crippen molar-refractivity contribution in [1.29, 1.82) is 0 Å². The Labute approximate surface area is 192 Å². The van der Waals surface area contributed by atoms with E-state index in [0.717, 1.165) is 0 Å². The molecule has 1 unspecified atom stereocenters. The van der Waals surface area contributed by atoms with E-state index >= 15 is 0 Å². The van der Waals surface area contributed by atoms with E-state index in [-0.39, 0.29) is 33.2 Å². The van der Waals surface area contributed by atoms with Crippen LogP contribution in [0.1, 0.15) is 33.0 Å². The number of aliphatic hydroxyl groups excluding tert-OH is 1. The van der Waals surface area contributed by atoms with Crippen LogP contribution >= 0.6 is 11.6 Å². The van der Waals surface area contributed by atoms with E-state index in [1.807, 2.05) is 0 Å². The number of aliphatic hydroxyl groups is 1. The summed E-state index contributed by atoms with van der Waals surface area (Å²) in [5, 5.41) is 22.9. The zero-order chi connectivity index (χ0) is 23.3. The Morgan fingerprint density at radius 1 is 0.758 bits per heavy atom. The summed E-state index contributed by atoms with van der Waals surface area (Å²) >= 11 is 6.02. The fourth-order valence-corrected chi connectivity index (χ4v) is 4.31. The Balaban J connectivity index is 1.88. The Hall–Kier alpha value is -4.16. The molecular formula is C26H15ClO6. The largest absolute Gasteiger partial charge is 0.507 e. The van der Waals surface area contributed by atoms with Crippen LogP contribution in [0.2, 0.25) is 5.02 Å². The Morgan fingerprint density at radius 2 is 1.39 bits per heavy atom. The molecule has 1 heterocycles. The highest BCUT2D eigenvalue weighted by atomic mass is 35.5. The molecule has 7 heteroatoms. The van der Waals surface area contributed by atoms with E-state index in [2.05, 4.69) is 0 Å². The molecule has 4 aromatic rings. The fraction of sp³-hybridized carbons (Fsp3) is 0.0385. The predicted octanol–water partition coefficient (Wildman–Crippen LogP) is 5.02. The highest BCUT2D eigenvalue weighted by Crippen LogP contribution is 2.43. The maximum Gasteiger partial charge on any atom is 0.344 e. The summed E-state index contributed by atoms with van der Waals surface area (Å²) in [6, 6.07) is 18.8. The van der Waals surface area contributed by atoms with Gasteiger partial charge in [0.25, 0.3) is 0 Å². The summed E-state index contributed by atoms with van der Waals surface area (Å²) in [4.78, 5) is 39.2. The first kappa shape index (κ1) is 20.7. The molecule has 0 fully saturated rings. The highest BCUT2D eigenvalue weighted by Gasteiger charge is 2.40. The molecule has 5 rings (SSSR count). The van der Waals surface area contributed by atoms with Crippen molar-refractivity contribution in [2.45, 2.75) is 5.92 Å². The number of hydrogen-bond donors (Lipinski definition) is 2. The Morgan fingerprint density at radius 3 is 2.12 bits per heavy atom. The van der Waals surface area contributed by atoms with Gasteiger partial charge in [-0.1, -0.05) is 60.1 Å². The van der Waals surface area contributed by atoms with Gasteiger partial charge in [-0.15, -0.1) is 0 Å². The van der Waals surface area contributed by atoms with Gasteiger partial charge < -0.3 is 14.6 Å². The molecule has 162 valence electrons. The number of Topliss-reactive ketones (excluding diaryl/α,β-unsaturated/α-hetero) is 2. The minimum Gasteiger partial charge on any atom is -0.507 e. The third kappa shape index (κ3) is 3.23. The van der Waals surface area contributed by atoms with Gasteiger partial charge in [-0.05, 0) is 29.8 Å². The highest BCUT2D eigenvalue weighted by molar-refractivity contribution is 6.52. The number of carbonyl (C=O) groups is 2. The second-order valence-corrected chi connectivity index (χ2v) is 8.04. The molecule has 3 aromatic carbocycles. The summed E-state index contributed by atoms with van der Waals surface area (Å²) < 4.78 is 5.42. The molecule has 1 aromatic heterocycles. The number of hydrogen-bond acceptors (Lipinski definition) is 6. The van der Waals surface area contributed by atoms with Crippen molar-refractivity contribution in [3.8, 4) is 5.75 Å². The zero-order valence-electron chi connectivity index (χ0n) is 16.9. The summed E-state index contributed by atoms with van der Waals surface area (Å²) in [6.07, 6.45) is 0. The number of para-hydroxylation sites is 1. The third-order valence-corrected chi connectivity index (χ3v) is 5.99. The standard InChI is InChI=1S/C26H15ClO6/c27-14-11-9-13(10-12-14)19(21-23(29)17-7-3-4-8-18(17)33-26(21)32)20-22(28)15-5-1-2-6-16(15)24(30)25(20)31/h1-12,19,28-29H. The SMILES string of the molecule is O=C1C(=O)c2ccccc2C(O)=C1C(c1ccc(Cl)cc1)c1c(O)c2ccccc2oc1=O. The average molecular weight is 459 g/mol. The summed E-state index contributed by atoms with van der Waals surface area (Å²) in [5.41, 5.74) is -0.732. The van der Waals surface area contributed by atoms with Crippen LogP contribution in [0.3, 0.4) is 0 Å². The van der Waals surface area contributed by atoms with Crippen LogP contribution in [0.15, 0.2) is 87.6 Å². The fourth-order valence-electron chi connectivity index (χ4n) is 4.19. The molecule has 1 aliphatic rings. The number of fused-ring (bicyclic) bond motifs is 2. The normalized spacial score (nSPS) is 14.5. The second kappa shape index (κ2) is 7.76. The van der Waals surface area contributed by atoms with E-state index in [1.165, 1.54) is 18.2 Å². The van der Waals surface area contributed by atoms with Crippen molar-refractivity contribution in [2.75, 3.05) is 0 Å². The second-order valence-electron chi connectivity index (χ2n) is 7.60. The van der Waals surface area contributed by atoms with E-state index < -0.39 is 34.6 Å². The lowest BCUT2D eigenvalue weighted by Crippen LogP contribution is -2.29. The molecule has 0 bridgehead atoms. The van der Waals surface area contributed by atoms with Gasteiger partial charge in [-0.2, -0.15) is 0 Å². The summed E-state index contributed by atoms with van der Waals surface area (Å²) in [5.74, 6) is -3.92. The molecule has 0 radical (unpaired) electrons. The number of allylic oxidation sites excluding steroid dienone is 1. The van der Waals surface area contributed by atoms with Gasteiger partial charge in [0, 0.05) is 16.1 Å². The Kier molecular flexibility index (Phi) is 4.87. The minimum atomic E-state index is -1.28. The molecule has 0 amide bonds. The lowest BCUT2D eigenvalue weighted by Gasteiger charge is -2.25. The smallest absolute Gasteiger partial charge is 0.344 e. The molecular weight excluding hydrogens is 444 g/mol. The third-order valence-electron chi connectivity index (χ3n) is 5.73. The van der Waals surface area contributed by atoms with E-state index in [4.69, 9.17) is 16.0 Å². The molecule has 33 heavy (non-hydrogen) atoms. The van der Waals surface area contributed by atoms with Crippen LogP contribution in [-0.4, -0.2) is 21.8 Å². The van der Waals surface area contributed by atoms with Crippen molar-refractivity contribution in [3.63, 3.8) is 0 Å². The zero-order valence-corrected chi connectivity index (χ0v) is 17.7. The van der Waals surface area contributed by atoms with Gasteiger partial charge in [0.1, 0.15) is 17.1 Å². The summed E-state index contributed by atoms with van der Waals surface area (Å²) in [7, 11) is 0. The molecule has 0 saturated heterocycles. The number of halogens is 1. The first-order valence-electron chi connectivity index (χ1n) is 10.00. The van der Waals surface area contributed by atoms with Crippen LogP contribution in [0.25, 0.3) is 16.7 Å². The maximum atomic E-state index is 13.2. The van der Waals surface area contributed by atoms with Crippen LogP contribution in [0.5, 0.6) is 5.75 Å². The van der Waals surface area contributed by atoms with Crippen molar-refractivity contribution in [1.82, 2.24) is 0 Å². The number of ketones is 2. The monoisotopic (exact) mass is 458 g/mol. The van der Waals surface area contributed by atoms with E-state index in [9.17, 15) is 24.6 Å². The maximum absolute atomic E-state index is 13.2. The van der Waals surface area contributed by atoms with Gasteiger partial charge in [0.2, 0.25) is 11.6 Å². The van der Waals surface area contributed by atoms with Crippen molar-refractivity contribution in [3.05, 3.63) is 116 Å². The molecule has 2 N–H and O–H groups in total. The molecule has 1 atom stereocenters. The lowest BCUT2D eigenvalue weighted by molar-refractivity contribution is -0.112. The van der Waals surface area contributed by atoms with Gasteiger partial charge in [-0.25, -0.2) is 4.79 Å². The summed E-state index contributed by atoms with van der Waals surface area (Å²) in [6.45, 7) is 0. The Bertz CT molecular complexity index is 1550. The molecule has 1 aliphatic carbocycles. The van der Waals surface area contributed by atoms with Gasteiger partial charge in [-0.3, -0.25) is 9.59 Å². The number of carbonyl (C=O) groups excluding carboxylic acids is 2. The first-order chi connectivity index (χ1) is 15.9. The van der Waals surface area contributed by atoms with E-state index in [0.29, 0.717) is 10.6 Å². The quantitative estimate of drug-likeness (QED) is 0.330. The van der Waals surface area contributed by atoms with Gasteiger partial charge in [0.05, 0.1) is 22.4 Å². The average Bonchev–Trinajstić information content (AvgIpc) is 2.82. The van der Waals surface area contributed by atoms with Gasteiger partial charge in [0.15, 0.2) is 0 Å². The van der Waals surface area contributed by atoms with Crippen LogP contribution < -0.4 is 5.63 Å². The van der Waals surface area contributed by atoms with Crippen molar-refractivity contribution < 1.29 is 24.2 Å². The predicted molar refractivity (Wildman–Crippen MR) is 123 cm³/mol. The topological polar surface area (TPSA) is 105 Å². The number of aromatic hydroxyl groups is 1. The van der Waals surface area contributed by atoms with E-state index in [1.54, 1.807) is 54.6 Å². The lowest BCUT2D eigenvalue weighted by atomic mass is 9.76. The molecule has 0 saturated carbocycles. The first-order valence-corrected chi connectivity index (χ1v) is 10.4. The number of benzene rings is 3. The van der Waals surface area contributed by atoms with Crippen LogP contribution in [0, 0.1) is 0 Å². The van der Waals surface area contributed by atoms with Crippen LogP contribution in [-0.2, 0) is 4.79 Å².